The van der Waals surface area contributed by atoms with E-state index in [4.69, 9.17) is 0 Å². The van der Waals surface area contributed by atoms with E-state index in [-0.39, 0.29) is 18.0 Å². The molecule has 0 aliphatic heterocycles. The molecule has 0 radical (unpaired) electrons. The van der Waals surface area contributed by atoms with E-state index in [0.29, 0.717) is 6.42 Å². The predicted molar refractivity (Wildman–Crippen MR) is 59.7 cm³/mol. The van der Waals surface area contributed by atoms with Crippen LogP contribution < -0.4 is 0 Å². The van der Waals surface area contributed by atoms with Crippen LogP contribution >= 0.6 is 0 Å². The van der Waals surface area contributed by atoms with Gasteiger partial charge in [-0.2, -0.15) is 0 Å². The molecule has 0 aliphatic rings. The van der Waals surface area contributed by atoms with Gasteiger partial charge in [0, 0.05) is 6.42 Å². The lowest BCUT2D eigenvalue weighted by Gasteiger charge is -2.00. The average Bonchev–Trinajstić information content (AvgIpc) is 2.18. The summed E-state index contributed by atoms with van der Waals surface area (Å²) in [7, 11) is 0. The summed E-state index contributed by atoms with van der Waals surface area (Å²) in [6.07, 6.45) is 2.34. The normalized spacial score (nSPS) is 9.93. The van der Waals surface area contributed by atoms with Crippen molar-refractivity contribution in [2.24, 2.45) is 0 Å². The number of aryl methyl sites for hydroxylation is 1. The van der Waals surface area contributed by atoms with Gasteiger partial charge in [-0.15, -0.1) is 0 Å². The summed E-state index contributed by atoms with van der Waals surface area (Å²) < 4.78 is 0. The molecule has 0 atom stereocenters. The van der Waals surface area contributed by atoms with Gasteiger partial charge in [0.2, 0.25) is 0 Å². The lowest BCUT2D eigenvalue weighted by molar-refractivity contribution is -0.125. The van der Waals surface area contributed by atoms with Crippen LogP contribution in [0.1, 0.15) is 31.7 Å². The van der Waals surface area contributed by atoms with Crippen LogP contribution in [0.5, 0.6) is 0 Å². The fourth-order valence-electron chi connectivity index (χ4n) is 1.50. The SMILES string of the molecule is CC(=O)CC(=O)CCCc1ccccc1. The molecule has 1 aromatic carbocycles. The smallest absolute Gasteiger partial charge is 0.140 e. The van der Waals surface area contributed by atoms with Gasteiger partial charge < -0.3 is 0 Å². The molecule has 0 saturated heterocycles. The highest BCUT2D eigenvalue weighted by Gasteiger charge is 2.04. The summed E-state index contributed by atoms with van der Waals surface area (Å²) in [5, 5.41) is 0. The molecule has 15 heavy (non-hydrogen) atoms. The third-order valence-electron chi connectivity index (χ3n) is 2.21. The number of Topliss-reactive ketones (excluding diaryl/α,β-unsaturated/α-hetero) is 2. The second-order valence-electron chi connectivity index (χ2n) is 3.76. The summed E-state index contributed by atoms with van der Waals surface area (Å²) in [5.41, 5.74) is 1.24. The number of rotatable bonds is 6. The minimum atomic E-state index is -0.0419. The summed E-state index contributed by atoms with van der Waals surface area (Å²) in [4.78, 5) is 21.9. The summed E-state index contributed by atoms with van der Waals surface area (Å²) in [6.45, 7) is 1.45. The maximum Gasteiger partial charge on any atom is 0.140 e. The molecule has 0 heterocycles. The van der Waals surface area contributed by atoms with E-state index in [9.17, 15) is 9.59 Å². The van der Waals surface area contributed by atoms with E-state index >= 15 is 0 Å². The molecular weight excluding hydrogens is 188 g/mol. The monoisotopic (exact) mass is 204 g/mol. The van der Waals surface area contributed by atoms with E-state index in [1.54, 1.807) is 0 Å². The minimum absolute atomic E-state index is 0.0419. The van der Waals surface area contributed by atoms with Crippen LogP contribution in [0.25, 0.3) is 0 Å². The van der Waals surface area contributed by atoms with Gasteiger partial charge in [-0.3, -0.25) is 9.59 Å². The molecule has 0 fully saturated rings. The molecule has 2 nitrogen and oxygen atoms in total. The van der Waals surface area contributed by atoms with Gasteiger partial charge in [-0.1, -0.05) is 30.3 Å². The van der Waals surface area contributed by atoms with Crippen LogP contribution in [0.4, 0.5) is 0 Å². The second-order valence-corrected chi connectivity index (χ2v) is 3.76. The zero-order valence-corrected chi connectivity index (χ0v) is 9.03. The van der Waals surface area contributed by atoms with Crippen molar-refractivity contribution in [3.8, 4) is 0 Å². The summed E-state index contributed by atoms with van der Waals surface area (Å²) in [6, 6.07) is 10.1. The van der Waals surface area contributed by atoms with Gasteiger partial charge in [0.15, 0.2) is 0 Å². The molecule has 2 heteroatoms. The van der Waals surface area contributed by atoms with Crippen molar-refractivity contribution in [1.82, 2.24) is 0 Å². The highest BCUT2D eigenvalue weighted by atomic mass is 16.1. The first-order valence-electron chi connectivity index (χ1n) is 5.23. The Hall–Kier alpha value is -1.44. The Bertz CT molecular complexity index is 328. The molecule has 0 amide bonds. The first kappa shape index (κ1) is 11.6. The van der Waals surface area contributed by atoms with Crippen LogP contribution in [-0.2, 0) is 16.0 Å². The molecule has 80 valence electrons. The van der Waals surface area contributed by atoms with Gasteiger partial charge >= 0.3 is 0 Å². The highest BCUT2D eigenvalue weighted by molar-refractivity contribution is 5.97. The first-order chi connectivity index (χ1) is 7.18. The molecule has 0 spiro atoms. The van der Waals surface area contributed by atoms with Gasteiger partial charge in [-0.05, 0) is 25.3 Å². The van der Waals surface area contributed by atoms with Crippen molar-refractivity contribution in [2.45, 2.75) is 32.6 Å². The van der Waals surface area contributed by atoms with Crippen molar-refractivity contribution in [3.63, 3.8) is 0 Å². The van der Waals surface area contributed by atoms with Crippen molar-refractivity contribution in [1.29, 1.82) is 0 Å². The summed E-state index contributed by atoms with van der Waals surface area (Å²) >= 11 is 0. The fourth-order valence-corrected chi connectivity index (χ4v) is 1.50. The molecule has 0 unspecified atom stereocenters. The minimum Gasteiger partial charge on any atom is -0.300 e. The van der Waals surface area contributed by atoms with Crippen molar-refractivity contribution in [2.75, 3.05) is 0 Å². The Morgan fingerprint density at radius 2 is 1.80 bits per heavy atom. The van der Waals surface area contributed by atoms with Crippen LogP contribution in [0.3, 0.4) is 0 Å². The predicted octanol–water partition coefficient (Wildman–Crippen LogP) is 2.56. The number of hydrogen-bond donors (Lipinski definition) is 0. The quantitative estimate of drug-likeness (QED) is 0.667. The fraction of sp³-hybridized carbons (Fsp3) is 0.385. The molecule has 1 aromatic rings. The topological polar surface area (TPSA) is 34.1 Å². The number of benzene rings is 1. The third-order valence-corrected chi connectivity index (χ3v) is 2.21. The lowest BCUT2D eigenvalue weighted by atomic mass is 10.0. The molecule has 0 N–H and O–H groups in total. The number of ketones is 2. The number of carbonyl (C=O) groups is 2. The van der Waals surface area contributed by atoms with Gasteiger partial charge in [-0.25, -0.2) is 0 Å². The largest absolute Gasteiger partial charge is 0.300 e. The molecular formula is C13H16O2. The molecule has 1 rings (SSSR count). The Labute approximate surface area is 90.3 Å². The number of carbonyl (C=O) groups excluding carboxylic acids is 2. The lowest BCUT2D eigenvalue weighted by Crippen LogP contribution is -2.04. The van der Waals surface area contributed by atoms with Gasteiger partial charge in [0.25, 0.3) is 0 Å². The van der Waals surface area contributed by atoms with Crippen molar-refractivity contribution in [3.05, 3.63) is 35.9 Å². The molecule has 0 aromatic heterocycles. The first-order valence-corrected chi connectivity index (χ1v) is 5.23. The molecule has 0 bridgehead atoms. The van der Waals surface area contributed by atoms with Gasteiger partial charge in [0.1, 0.15) is 11.6 Å². The standard InChI is InChI=1S/C13H16O2/c1-11(14)10-13(15)9-5-8-12-6-3-2-4-7-12/h2-4,6-7H,5,8-10H2,1H3. The third kappa shape index (κ3) is 5.11. The zero-order chi connectivity index (χ0) is 11.1. The van der Waals surface area contributed by atoms with Crippen LogP contribution in [-0.4, -0.2) is 11.6 Å². The van der Waals surface area contributed by atoms with Gasteiger partial charge in [0.05, 0.1) is 6.42 Å². The highest BCUT2D eigenvalue weighted by Crippen LogP contribution is 2.05. The van der Waals surface area contributed by atoms with E-state index in [1.807, 2.05) is 18.2 Å². The molecule has 0 saturated carbocycles. The zero-order valence-electron chi connectivity index (χ0n) is 9.03. The van der Waals surface area contributed by atoms with E-state index < -0.39 is 0 Å². The van der Waals surface area contributed by atoms with Crippen LogP contribution in [0.15, 0.2) is 30.3 Å². The van der Waals surface area contributed by atoms with E-state index in [2.05, 4.69) is 12.1 Å². The Kier molecular flexibility index (Phi) is 4.75. The number of hydrogen-bond acceptors (Lipinski definition) is 2. The van der Waals surface area contributed by atoms with Crippen molar-refractivity contribution < 1.29 is 9.59 Å². The average molecular weight is 204 g/mol. The van der Waals surface area contributed by atoms with Crippen LogP contribution in [0, 0.1) is 0 Å². The summed E-state index contributed by atoms with van der Waals surface area (Å²) in [5.74, 6) is 0.0122. The Morgan fingerprint density at radius 1 is 1.13 bits per heavy atom. The Morgan fingerprint density at radius 3 is 2.40 bits per heavy atom. The maximum atomic E-state index is 11.2. The van der Waals surface area contributed by atoms with Crippen LogP contribution in [0.2, 0.25) is 0 Å². The second kappa shape index (κ2) is 6.12. The van der Waals surface area contributed by atoms with E-state index in [1.165, 1.54) is 12.5 Å². The van der Waals surface area contributed by atoms with E-state index in [0.717, 1.165) is 12.8 Å². The Balaban J connectivity index is 2.22. The molecule has 0 aliphatic carbocycles. The maximum absolute atomic E-state index is 11.2. The van der Waals surface area contributed by atoms with Crippen molar-refractivity contribution >= 4 is 11.6 Å².